The summed E-state index contributed by atoms with van der Waals surface area (Å²) in [6.07, 6.45) is -2.41. The number of nitrogens with one attached hydrogen (secondary N) is 1. The SMILES string of the molecule is N/C(=N/O)c1ccc(Nc2nnc(-c3ccc(C(F)(F)F)cn3)o2)cn1. The molecule has 0 saturated heterocycles. The van der Waals surface area contributed by atoms with Crippen molar-refractivity contribution < 1.29 is 22.8 Å². The van der Waals surface area contributed by atoms with Gasteiger partial charge in [-0.25, -0.2) is 0 Å². The van der Waals surface area contributed by atoms with Crippen LogP contribution in [-0.4, -0.2) is 31.2 Å². The van der Waals surface area contributed by atoms with Crippen molar-refractivity contribution in [2.45, 2.75) is 6.18 Å². The lowest BCUT2D eigenvalue weighted by Gasteiger charge is -2.05. The average molecular weight is 365 g/mol. The van der Waals surface area contributed by atoms with Gasteiger partial charge in [0.05, 0.1) is 17.4 Å². The van der Waals surface area contributed by atoms with Gasteiger partial charge in [0.1, 0.15) is 11.4 Å². The van der Waals surface area contributed by atoms with Gasteiger partial charge in [0.15, 0.2) is 5.84 Å². The highest BCUT2D eigenvalue weighted by Gasteiger charge is 2.30. The Bertz CT molecular complexity index is 921. The molecule has 12 heteroatoms. The number of anilines is 2. The highest BCUT2D eigenvalue weighted by Crippen LogP contribution is 2.29. The van der Waals surface area contributed by atoms with Crippen LogP contribution in [0.25, 0.3) is 11.6 Å². The predicted molar refractivity (Wildman–Crippen MR) is 82.6 cm³/mol. The molecule has 0 aliphatic heterocycles. The molecule has 0 aliphatic rings. The molecule has 3 heterocycles. The van der Waals surface area contributed by atoms with E-state index in [-0.39, 0.29) is 29.1 Å². The maximum absolute atomic E-state index is 12.5. The fourth-order valence-corrected chi connectivity index (χ4v) is 1.86. The van der Waals surface area contributed by atoms with Crippen LogP contribution in [0.2, 0.25) is 0 Å². The molecule has 0 unspecified atom stereocenters. The molecular weight excluding hydrogens is 355 g/mol. The molecule has 0 atom stereocenters. The molecule has 3 aromatic rings. The van der Waals surface area contributed by atoms with E-state index < -0.39 is 11.7 Å². The summed E-state index contributed by atoms with van der Waals surface area (Å²) >= 11 is 0. The first-order valence-corrected chi connectivity index (χ1v) is 6.95. The number of nitrogens with two attached hydrogens (primary N) is 1. The van der Waals surface area contributed by atoms with Crippen LogP contribution in [0.1, 0.15) is 11.3 Å². The van der Waals surface area contributed by atoms with Gasteiger partial charge < -0.3 is 20.7 Å². The largest absolute Gasteiger partial charge is 0.417 e. The van der Waals surface area contributed by atoms with E-state index in [1.807, 2.05) is 0 Å². The van der Waals surface area contributed by atoms with Gasteiger partial charge in [0.25, 0.3) is 5.89 Å². The summed E-state index contributed by atoms with van der Waals surface area (Å²) in [6, 6.07) is 5.05. The Labute approximate surface area is 143 Å². The van der Waals surface area contributed by atoms with Crippen molar-refractivity contribution in [3.63, 3.8) is 0 Å². The minimum atomic E-state index is -4.48. The maximum atomic E-state index is 12.5. The van der Waals surface area contributed by atoms with Crippen LogP contribution in [0, 0.1) is 0 Å². The third kappa shape index (κ3) is 3.68. The van der Waals surface area contributed by atoms with E-state index in [9.17, 15) is 13.2 Å². The van der Waals surface area contributed by atoms with E-state index in [1.54, 1.807) is 6.07 Å². The van der Waals surface area contributed by atoms with Crippen molar-refractivity contribution in [2.24, 2.45) is 10.9 Å². The van der Waals surface area contributed by atoms with E-state index >= 15 is 0 Å². The number of nitrogens with zero attached hydrogens (tertiary/aromatic N) is 5. The Kier molecular flexibility index (Phi) is 4.39. The molecule has 9 nitrogen and oxygen atoms in total. The highest BCUT2D eigenvalue weighted by molar-refractivity contribution is 5.95. The smallest absolute Gasteiger partial charge is 0.409 e. The van der Waals surface area contributed by atoms with Crippen LogP contribution >= 0.6 is 0 Å². The normalized spacial score (nSPS) is 12.2. The van der Waals surface area contributed by atoms with Crippen LogP contribution in [0.5, 0.6) is 0 Å². The summed E-state index contributed by atoms with van der Waals surface area (Å²) in [5, 5.41) is 21.6. The number of oxime groups is 1. The van der Waals surface area contributed by atoms with Crippen molar-refractivity contribution in [3.8, 4) is 11.6 Å². The lowest BCUT2D eigenvalue weighted by atomic mass is 10.2. The first kappa shape index (κ1) is 17.1. The zero-order valence-corrected chi connectivity index (χ0v) is 12.8. The van der Waals surface area contributed by atoms with Crippen LogP contribution in [0.3, 0.4) is 0 Å². The Morgan fingerprint density at radius 1 is 1.12 bits per heavy atom. The lowest BCUT2D eigenvalue weighted by molar-refractivity contribution is -0.137. The monoisotopic (exact) mass is 365 g/mol. The summed E-state index contributed by atoms with van der Waals surface area (Å²) in [5.74, 6) is -0.201. The van der Waals surface area contributed by atoms with Crippen molar-refractivity contribution in [1.82, 2.24) is 20.2 Å². The summed E-state index contributed by atoms with van der Waals surface area (Å²) in [6.45, 7) is 0. The molecule has 0 radical (unpaired) electrons. The molecular formula is C14H10F3N7O2. The van der Waals surface area contributed by atoms with Crippen LogP contribution in [0.15, 0.2) is 46.2 Å². The number of halogens is 3. The molecule has 0 aliphatic carbocycles. The number of hydrogen-bond acceptors (Lipinski definition) is 8. The second-order valence-electron chi connectivity index (χ2n) is 4.88. The zero-order valence-electron chi connectivity index (χ0n) is 12.8. The average Bonchev–Trinajstić information content (AvgIpc) is 3.09. The first-order valence-electron chi connectivity index (χ1n) is 6.95. The number of rotatable bonds is 4. The first-order chi connectivity index (χ1) is 12.4. The second kappa shape index (κ2) is 6.66. The highest BCUT2D eigenvalue weighted by atomic mass is 19.4. The van der Waals surface area contributed by atoms with Gasteiger partial charge >= 0.3 is 12.2 Å². The molecule has 3 aromatic heterocycles. The molecule has 3 rings (SSSR count). The van der Waals surface area contributed by atoms with Crippen LogP contribution < -0.4 is 11.1 Å². The summed E-state index contributed by atoms with van der Waals surface area (Å²) in [7, 11) is 0. The van der Waals surface area contributed by atoms with Gasteiger partial charge in [-0.15, -0.1) is 5.10 Å². The van der Waals surface area contributed by atoms with E-state index in [4.69, 9.17) is 15.4 Å². The Morgan fingerprint density at radius 2 is 1.92 bits per heavy atom. The molecule has 0 amide bonds. The summed E-state index contributed by atoms with van der Waals surface area (Å²) in [5.41, 5.74) is 5.35. The number of amidine groups is 1. The molecule has 134 valence electrons. The molecule has 0 spiro atoms. The Hall–Kier alpha value is -3.70. The summed E-state index contributed by atoms with van der Waals surface area (Å²) in [4.78, 5) is 7.63. The lowest BCUT2D eigenvalue weighted by Crippen LogP contribution is -2.14. The van der Waals surface area contributed by atoms with Crippen LogP contribution in [-0.2, 0) is 6.18 Å². The van der Waals surface area contributed by atoms with E-state index in [2.05, 4.69) is 30.6 Å². The quantitative estimate of drug-likeness (QED) is 0.277. The third-order valence-electron chi connectivity index (χ3n) is 3.12. The van der Waals surface area contributed by atoms with Gasteiger partial charge in [0, 0.05) is 6.20 Å². The van der Waals surface area contributed by atoms with E-state index in [1.165, 1.54) is 12.3 Å². The molecule has 0 aromatic carbocycles. The van der Waals surface area contributed by atoms with E-state index in [0.717, 1.165) is 12.1 Å². The van der Waals surface area contributed by atoms with E-state index in [0.29, 0.717) is 11.9 Å². The minimum absolute atomic E-state index is 0.0138. The molecule has 0 bridgehead atoms. The number of pyridine rings is 2. The Balaban J connectivity index is 1.74. The standard InChI is InChI=1S/C14H10F3N7O2/c15-14(16,17)7-1-3-10(19-5-7)12-22-23-13(26-12)21-8-2-4-9(20-6-8)11(18)24-25/h1-6,25H,(H2,18,24)(H,21,23). The van der Waals surface area contributed by atoms with Crippen molar-refractivity contribution in [1.29, 1.82) is 0 Å². The number of hydrogen-bond donors (Lipinski definition) is 3. The number of aromatic nitrogens is 4. The molecule has 4 N–H and O–H groups in total. The second-order valence-corrected chi connectivity index (χ2v) is 4.88. The topological polar surface area (TPSA) is 135 Å². The third-order valence-corrected chi connectivity index (χ3v) is 3.12. The molecule has 26 heavy (non-hydrogen) atoms. The van der Waals surface area contributed by atoms with Gasteiger partial charge in [-0.05, 0) is 24.3 Å². The number of alkyl halides is 3. The zero-order chi connectivity index (χ0) is 18.7. The van der Waals surface area contributed by atoms with Gasteiger partial charge in [-0.1, -0.05) is 10.3 Å². The Morgan fingerprint density at radius 3 is 2.50 bits per heavy atom. The van der Waals surface area contributed by atoms with Gasteiger partial charge in [-0.2, -0.15) is 13.2 Å². The minimum Gasteiger partial charge on any atom is -0.409 e. The van der Waals surface area contributed by atoms with Crippen LogP contribution in [0.4, 0.5) is 24.9 Å². The molecule has 0 saturated carbocycles. The van der Waals surface area contributed by atoms with Crippen molar-refractivity contribution >= 4 is 17.5 Å². The van der Waals surface area contributed by atoms with Gasteiger partial charge in [0.2, 0.25) is 0 Å². The fourth-order valence-electron chi connectivity index (χ4n) is 1.86. The molecule has 0 fully saturated rings. The summed E-state index contributed by atoms with van der Waals surface area (Å²) < 4.78 is 42.9. The predicted octanol–water partition coefficient (Wildman–Crippen LogP) is 2.38. The fraction of sp³-hybridized carbons (Fsp3) is 0.0714. The van der Waals surface area contributed by atoms with Crippen molar-refractivity contribution in [3.05, 3.63) is 47.9 Å². The van der Waals surface area contributed by atoms with Gasteiger partial charge in [-0.3, -0.25) is 9.97 Å². The van der Waals surface area contributed by atoms with Crippen molar-refractivity contribution in [2.75, 3.05) is 5.32 Å². The maximum Gasteiger partial charge on any atom is 0.417 e.